The van der Waals surface area contributed by atoms with Crippen LogP contribution in [-0.2, 0) is 0 Å². The van der Waals surface area contributed by atoms with E-state index in [0.717, 1.165) is 16.9 Å². The Balaban J connectivity index is 2.27. The second-order valence-electron chi connectivity index (χ2n) is 5.06. The molecule has 0 aliphatic rings. The van der Waals surface area contributed by atoms with E-state index in [-0.39, 0.29) is 5.91 Å². The van der Waals surface area contributed by atoms with Gasteiger partial charge in [0.1, 0.15) is 5.76 Å². The minimum absolute atomic E-state index is 0.0281. The van der Waals surface area contributed by atoms with Crippen molar-refractivity contribution in [3.8, 4) is 11.3 Å². The first kappa shape index (κ1) is 13.4. The molecule has 0 bridgehead atoms. The lowest BCUT2D eigenvalue weighted by atomic mass is 10.00. The van der Waals surface area contributed by atoms with Crippen LogP contribution in [0.4, 0.5) is 0 Å². The maximum absolute atomic E-state index is 12.2. The first-order valence-corrected chi connectivity index (χ1v) is 6.51. The van der Waals surface area contributed by atoms with Crippen LogP contribution in [0.2, 0.25) is 0 Å². The molecule has 100 valence electrons. The van der Waals surface area contributed by atoms with Gasteiger partial charge >= 0.3 is 0 Å². The Hall–Kier alpha value is -2.03. The Morgan fingerprint density at radius 1 is 1.26 bits per heavy atom. The first-order valence-electron chi connectivity index (χ1n) is 6.51. The molecule has 0 saturated heterocycles. The third kappa shape index (κ3) is 3.05. The molecular weight excluding hydrogens is 238 g/mol. The van der Waals surface area contributed by atoms with Gasteiger partial charge < -0.3 is 9.73 Å². The lowest BCUT2D eigenvalue weighted by Gasteiger charge is -2.11. The van der Waals surface area contributed by atoms with Crippen molar-refractivity contribution in [1.82, 2.24) is 5.32 Å². The largest absolute Gasteiger partial charge is 0.464 e. The fraction of sp³-hybridized carbons (Fsp3) is 0.312. The van der Waals surface area contributed by atoms with Crippen molar-refractivity contribution in [3.63, 3.8) is 0 Å². The highest BCUT2D eigenvalue weighted by molar-refractivity contribution is 5.97. The fourth-order valence-electron chi connectivity index (χ4n) is 1.97. The van der Waals surface area contributed by atoms with E-state index >= 15 is 0 Å². The number of rotatable bonds is 4. The number of hydrogen-bond donors (Lipinski definition) is 1. The van der Waals surface area contributed by atoms with Gasteiger partial charge in [-0.05, 0) is 36.6 Å². The van der Waals surface area contributed by atoms with Gasteiger partial charge in [-0.25, -0.2) is 0 Å². The molecule has 0 radical (unpaired) electrons. The summed E-state index contributed by atoms with van der Waals surface area (Å²) in [7, 11) is 0. The number of furan rings is 1. The van der Waals surface area contributed by atoms with Crippen LogP contribution in [-0.4, -0.2) is 12.5 Å². The molecule has 19 heavy (non-hydrogen) atoms. The number of carbonyl (C=O) groups excluding carboxylic acids is 1. The molecule has 0 spiro atoms. The molecule has 2 aromatic rings. The van der Waals surface area contributed by atoms with Crippen molar-refractivity contribution in [2.24, 2.45) is 5.92 Å². The molecule has 0 saturated carbocycles. The van der Waals surface area contributed by atoms with E-state index in [0.29, 0.717) is 18.0 Å². The SMILES string of the molecule is Cc1c(C(=O)NCC(C)C)cccc1-c1ccco1. The summed E-state index contributed by atoms with van der Waals surface area (Å²) in [6.07, 6.45) is 1.64. The van der Waals surface area contributed by atoms with Crippen LogP contribution < -0.4 is 5.32 Å². The third-order valence-corrected chi connectivity index (χ3v) is 3.04. The van der Waals surface area contributed by atoms with Crippen molar-refractivity contribution in [2.75, 3.05) is 6.54 Å². The molecule has 1 heterocycles. The van der Waals surface area contributed by atoms with Crippen LogP contribution in [0.3, 0.4) is 0 Å². The Labute approximate surface area is 113 Å². The van der Waals surface area contributed by atoms with Gasteiger partial charge in [0.25, 0.3) is 5.91 Å². The molecule has 1 amide bonds. The average molecular weight is 257 g/mol. The third-order valence-electron chi connectivity index (χ3n) is 3.04. The molecule has 1 aromatic carbocycles. The summed E-state index contributed by atoms with van der Waals surface area (Å²) >= 11 is 0. The van der Waals surface area contributed by atoms with Crippen LogP contribution >= 0.6 is 0 Å². The lowest BCUT2D eigenvalue weighted by molar-refractivity contribution is 0.0948. The minimum Gasteiger partial charge on any atom is -0.464 e. The Kier molecular flexibility index (Phi) is 4.05. The summed E-state index contributed by atoms with van der Waals surface area (Å²) in [6, 6.07) is 9.44. The van der Waals surface area contributed by atoms with Gasteiger partial charge in [0.05, 0.1) is 6.26 Å². The van der Waals surface area contributed by atoms with Crippen LogP contribution in [0.1, 0.15) is 29.8 Å². The summed E-state index contributed by atoms with van der Waals surface area (Å²) in [4.78, 5) is 12.2. The van der Waals surface area contributed by atoms with Gasteiger partial charge in [0, 0.05) is 17.7 Å². The minimum atomic E-state index is -0.0281. The normalized spacial score (nSPS) is 10.7. The molecular formula is C16H19NO2. The van der Waals surface area contributed by atoms with Gasteiger partial charge in [-0.3, -0.25) is 4.79 Å². The second-order valence-corrected chi connectivity index (χ2v) is 5.06. The van der Waals surface area contributed by atoms with E-state index in [4.69, 9.17) is 4.42 Å². The number of amides is 1. The van der Waals surface area contributed by atoms with E-state index in [1.165, 1.54) is 0 Å². The zero-order valence-corrected chi connectivity index (χ0v) is 11.6. The van der Waals surface area contributed by atoms with Crippen LogP contribution in [0, 0.1) is 12.8 Å². The highest BCUT2D eigenvalue weighted by atomic mass is 16.3. The summed E-state index contributed by atoms with van der Waals surface area (Å²) < 4.78 is 5.40. The summed E-state index contributed by atoms with van der Waals surface area (Å²) in [5.41, 5.74) is 2.61. The Morgan fingerprint density at radius 2 is 2.05 bits per heavy atom. The molecule has 1 aromatic heterocycles. The molecule has 1 N–H and O–H groups in total. The Morgan fingerprint density at radius 3 is 2.68 bits per heavy atom. The summed E-state index contributed by atoms with van der Waals surface area (Å²) in [6.45, 7) is 6.78. The van der Waals surface area contributed by atoms with Crippen molar-refractivity contribution in [2.45, 2.75) is 20.8 Å². The number of hydrogen-bond acceptors (Lipinski definition) is 2. The zero-order chi connectivity index (χ0) is 13.8. The fourth-order valence-corrected chi connectivity index (χ4v) is 1.97. The van der Waals surface area contributed by atoms with Crippen molar-refractivity contribution in [3.05, 3.63) is 47.7 Å². The second kappa shape index (κ2) is 5.74. The topological polar surface area (TPSA) is 42.2 Å². The van der Waals surface area contributed by atoms with E-state index in [2.05, 4.69) is 19.2 Å². The van der Waals surface area contributed by atoms with E-state index in [9.17, 15) is 4.79 Å². The van der Waals surface area contributed by atoms with Crippen LogP contribution in [0.25, 0.3) is 11.3 Å². The van der Waals surface area contributed by atoms with Crippen molar-refractivity contribution >= 4 is 5.91 Å². The molecule has 0 fully saturated rings. The van der Waals surface area contributed by atoms with Crippen molar-refractivity contribution in [1.29, 1.82) is 0 Å². The Bertz CT molecular complexity index is 556. The van der Waals surface area contributed by atoms with Crippen molar-refractivity contribution < 1.29 is 9.21 Å². The molecule has 0 unspecified atom stereocenters. The standard InChI is InChI=1S/C16H19NO2/c1-11(2)10-17-16(18)14-7-4-6-13(12(14)3)15-8-5-9-19-15/h4-9,11H,10H2,1-3H3,(H,17,18). The monoisotopic (exact) mass is 257 g/mol. The van der Waals surface area contributed by atoms with Crippen LogP contribution in [0.15, 0.2) is 41.0 Å². The molecule has 0 aliphatic heterocycles. The summed E-state index contributed by atoms with van der Waals surface area (Å²) in [5, 5.41) is 2.94. The van der Waals surface area contributed by atoms with Gasteiger partial charge in [-0.2, -0.15) is 0 Å². The van der Waals surface area contributed by atoms with Crippen LogP contribution in [0.5, 0.6) is 0 Å². The van der Waals surface area contributed by atoms with E-state index in [1.807, 2.05) is 37.3 Å². The molecule has 0 aliphatic carbocycles. The number of carbonyl (C=O) groups is 1. The lowest BCUT2D eigenvalue weighted by Crippen LogP contribution is -2.27. The quantitative estimate of drug-likeness (QED) is 0.908. The summed E-state index contributed by atoms with van der Waals surface area (Å²) in [5.74, 6) is 1.20. The number of nitrogens with one attached hydrogen (secondary N) is 1. The zero-order valence-electron chi connectivity index (χ0n) is 11.6. The molecule has 0 atom stereocenters. The maximum Gasteiger partial charge on any atom is 0.251 e. The molecule has 2 rings (SSSR count). The first-order chi connectivity index (χ1) is 9.09. The average Bonchev–Trinajstić information content (AvgIpc) is 2.90. The molecule has 3 heteroatoms. The maximum atomic E-state index is 12.2. The number of benzene rings is 1. The predicted molar refractivity (Wildman–Crippen MR) is 76.1 cm³/mol. The van der Waals surface area contributed by atoms with E-state index < -0.39 is 0 Å². The van der Waals surface area contributed by atoms with E-state index in [1.54, 1.807) is 6.26 Å². The van der Waals surface area contributed by atoms with Gasteiger partial charge in [-0.1, -0.05) is 26.0 Å². The smallest absolute Gasteiger partial charge is 0.251 e. The molecule has 3 nitrogen and oxygen atoms in total. The van der Waals surface area contributed by atoms with Gasteiger partial charge in [0.15, 0.2) is 0 Å². The van der Waals surface area contributed by atoms with Gasteiger partial charge in [0.2, 0.25) is 0 Å². The van der Waals surface area contributed by atoms with Gasteiger partial charge in [-0.15, -0.1) is 0 Å². The highest BCUT2D eigenvalue weighted by Gasteiger charge is 2.13. The highest BCUT2D eigenvalue weighted by Crippen LogP contribution is 2.26. The predicted octanol–water partition coefficient (Wildman–Crippen LogP) is 3.64.